The van der Waals surface area contributed by atoms with Crippen LogP contribution >= 0.6 is 0 Å². The van der Waals surface area contributed by atoms with E-state index in [2.05, 4.69) is 34.1 Å². The van der Waals surface area contributed by atoms with Crippen molar-refractivity contribution in [1.29, 1.82) is 0 Å². The van der Waals surface area contributed by atoms with Crippen LogP contribution in [0.1, 0.15) is 47.5 Å². The van der Waals surface area contributed by atoms with Crippen LogP contribution in [0.4, 0.5) is 0 Å². The molecule has 1 N–H and O–H groups in total. The van der Waals surface area contributed by atoms with Gasteiger partial charge in [0.25, 0.3) is 5.91 Å². The second-order valence-electron chi connectivity index (χ2n) is 8.94. The van der Waals surface area contributed by atoms with E-state index in [4.69, 9.17) is 0 Å². The maximum absolute atomic E-state index is 12.9. The third-order valence-corrected chi connectivity index (χ3v) is 7.36. The number of pyridine rings is 1. The van der Waals surface area contributed by atoms with E-state index in [9.17, 15) is 9.90 Å². The van der Waals surface area contributed by atoms with Gasteiger partial charge >= 0.3 is 0 Å². The number of amides is 1. The van der Waals surface area contributed by atoms with Crippen molar-refractivity contribution >= 4 is 5.91 Å². The minimum absolute atomic E-state index is 0.0416. The maximum Gasteiger partial charge on any atom is 0.254 e. The van der Waals surface area contributed by atoms with E-state index in [1.165, 1.54) is 31.2 Å². The predicted molar refractivity (Wildman–Crippen MR) is 112 cm³/mol. The summed E-state index contributed by atoms with van der Waals surface area (Å²) in [4.78, 5) is 21.5. The number of aliphatic hydroxyl groups excluding tert-OH is 1. The number of aromatic nitrogens is 1. The predicted octanol–water partition coefficient (Wildman–Crippen LogP) is 2.93. The molecule has 1 saturated carbocycles. The van der Waals surface area contributed by atoms with Crippen LogP contribution in [0.15, 0.2) is 54.9 Å². The summed E-state index contributed by atoms with van der Waals surface area (Å²) in [6.45, 7) is 2.69. The summed E-state index contributed by atoms with van der Waals surface area (Å²) in [5, 5.41) is 10.2. The number of likely N-dealkylation sites (tertiary alicyclic amines) is 2. The first-order chi connectivity index (χ1) is 14.2. The summed E-state index contributed by atoms with van der Waals surface area (Å²) < 4.78 is 0. The Morgan fingerprint density at radius 1 is 1.07 bits per heavy atom. The van der Waals surface area contributed by atoms with Gasteiger partial charge in [-0.25, -0.2) is 0 Å². The number of carbonyl (C=O) groups excluding carboxylic acids is 1. The maximum atomic E-state index is 12.9. The van der Waals surface area contributed by atoms with Crippen LogP contribution in [0.2, 0.25) is 0 Å². The fraction of sp³-hybridized carbons (Fsp3) is 0.500. The van der Waals surface area contributed by atoms with Gasteiger partial charge in [-0.1, -0.05) is 43.2 Å². The minimum atomic E-state index is -0.0416. The molecule has 0 bridgehead atoms. The highest BCUT2D eigenvalue weighted by molar-refractivity contribution is 5.95. The molecule has 152 valence electrons. The molecular weight excluding hydrogens is 362 g/mol. The van der Waals surface area contributed by atoms with Gasteiger partial charge in [-0.15, -0.1) is 0 Å². The molecule has 3 heterocycles. The van der Waals surface area contributed by atoms with E-state index in [1.807, 2.05) is 11.0 Å². The molecule has 3 aliphatic rings. The monoisotopic (exact) mass is 391 g/mol. The average molecular weight is 392 g/mol. The van der Waals surface area contributed by atoms with Gasteiger partial charge in [0.15, 0.2) is 0 Å². The second kappa shape index (κ2) is 7.54. The van der Waals surface area contributed by atoms with Crippen LogP contribution in [0, 0.1) is 5.92 Å². The highest BCUT2D eigenvalue weighted by Crippen LogP contribution is 2.54. The molecule has 1 aromatic carbocycles. The summed E-state index contributed by atoms with van der Waals surface area (Å²) in [5.74, 6) is 1.08. The van der Waals surface area contributed by atoms with Gasteiger partial charge in [0.1, 0.15) is 0 Å². The molecule has 5 heteroatoms. The molecule has 1 spiro atoms. The summed E-state index contributed by atoms with van der Waals surface area (Å²) in [7, 11) is 0. The number of benzene rings is 1. The highest BCUT2D eigenvalue weighted by atomic mass is 16.3. The third kappa shape index (κ3) is 3.08. The molecule has 5 nitrogen and oxygen atoms in total. The van der Waals surface area contributed by atoms with E-state index in [0.29, 0.717) is 5.56 Å². The standard InChI is InChI=1S/C24H29N3O2/c28-15-21-22(19-8-2-1-3-9-19)24(27(21)14-18-6-4-5-7-18)16-26(17-24)23(29)20-10-12-25-13-11-20/h1-3,8-13,18,21-22,28H,4-7,14-17H2/t21-,22+/m1/s1. The topological polar surface area (TPSA) is 56.7 Å². The Balaban J connectivity index is 1.40. The first kappa shape index (κ1) is 18.8. The summed E-state index contributed by atoms with van der Waals surface area (Å²) in [5.41, 5.74) is 1.94. The first-order valence-electron chi connectivity index (χ1n) is 10.8. The van der Waals surface area contributed by atoms with Crippen molar-refractivity contribution in [2.75, 3.05) is 26.2 Å². The number of carbonyl (C=O) groups is 1. The summed E-state index contributed by atoms with van der Waals surface area (Å²) in [6.07, 6.45) is 8.58. The Hall–Kier alpha value is -2.24. The molecule has 2 aromatic rings. The lowest BCUT2D eigenvalue weighted by Gasteiger charge is -2.71. The van der Waals surface area contributed by atoms with Crippen molar-refractivity contribution in [2.24, 2.45) is 5.92 Å². The van der Waals surface area contributed by atoms with Crippen molar-refractivity contribution in [3.8, 4) is 0 Å². The molecule has 2 aliphatic heterocycles. The molecule has 2 saturated heterocycles. The smallest absolute Gasteiger partial charge is 0.254 e. The van der Waals surface area contributed by atoms with Gasteiger partial charge in [0.2, 0.25) is 0 Å². The lowest BCUT2D eigenvalue weighted by Crippen LogP contribution is -2.85. The van der Waals surface area contributed by atoms with E-state index in [1.54, 1.807) is 24.5 Å². The molecule has 3 fully saturated rings. The van der Waals surface area contributed by atoms with Crippen LogP contribution in [0.3, 0.4) is 0 Å². The van der Waals surface area contributed by atoms with Crippen molar-refractivity contribution < 1.29 is 9.90 Å². The second-order valence-corrected chi connectivity index (χ2v) is 8.94. The Labute approximate surface area is 172 Å². The number of hydrogen-bond donors (Lipinski definition) is 1. The molecule has 1 aromatic heterocycles. The third-order valence-electron chi connectivity index (χ3n) is 7.36. The SMILES string of the molecule is O=C(c1ccncc1)N1CC2(C1)[C@@H](c1ccccc1)[C@@H](CO)N2CC1CCCC1. The van der Waals surface area contributed by atoms with Crippen molar-refractivity contribution in [3.63, 3.8) is 0 Å². The molecule has 29 heavy (non-hydrogen) atoms. The van der Waals surface area contributed by atoms with Gasteiger partial charge in [-0.2, -0.15) is 0 Å². The first-order valence-corrected chi connectivity index (χ1v) is 10.8. The Kier molecular flexibility index (Phi) is 4.88. The van der Waals surface area contributed by atoms with Crippen LogP contribution in [0.25, 0.3) is 0 Å². The molecule has 5 rings (SSSR count). The number of hydrogen-bond acceptors (Lipinski definition) is 4. The van der Waals surface area contributed by atoms with Crippen molar-refractivity contribution in [2.45, 2.75) is 43.2 Å². The van der Waals surface area contributed by atoms with Crippen LogP contribution in [-0.2, 0) is 0 Å². The quantitative estimate of drug-likeness (QED) is 0.852. The lowest BCUT2D eigenvalue weighted by molar-refractivity contribution is -0.183. The van der Waals surface area contributed by atoms with E-state index in [0.717, 1.165) is 25.6 Å². The zero-order valence-corrected chi connectivity index (χ0v) is 16.8. The molecule has 0 radical (unpaired) electrons. The molecular formula is C24H29N3O2. The van der Waals surface area contributed by atoms with Gasteiger partial charge in [-0.3, -0.25) is 14.7 Å². The molecule has 0 unspecified atom stereocenters. The van der Waals surface area contributed by atoms with Crippen molar-refractivity contribution in [3.05, 3.63) is 66.0 Å². The van der Waals surface area contributed by atoms with Gasteiger partial charge in [0.05, 0.1) is 12.1 Å². The summed E-state index contributed by atoms with van der Waals surface area (Å²) >= 11 is 0. The molecule has 1 aliphatic carbocycles. The van der Waals surface area contributed by atoms with E-state index < -0.39 is 0 Å². The molecule has 2 atom stereocenters. The number of rotatable bonds is 5. The summed E-state index contributed by atoms with van der Waals surface area (Å²) in [6, 6.07) is 14.3. The number of aliphatic hydroxyl groups is 1. The minimum Gasteiger partial charge on any atom is -0.395 e. The zero-order valence-electron chi connectivity index (χ0n) is 16.8. The van der Waals surface area contributed by atoms with Gasteiger partial charge < -0.3 is 10.0 Å². The molecule has 1 amide bonds. The average Bonchev–Trinajstić information content (AvgIpc) is 3.24. The zero-order chi connectivity index (χ0) is 19.8. The fourth-order valence-corrected chi connectivity index (χ4v) is 5.96. The number of nitrogens with zero attached hydrogens (tertiary/aromatic N) is 3. The Morgan fingerprint density at radius 2 is 1.76 bits per heavy atom. The van der Waals surface area contributed by atoms with Crippen LogP contribution in [-0.4, -0.2) is 63.6 Å². The van der Waals surface area contributed by atoms with Crippen LogP contribution < -0.4 is 0 Å². The van der Waals surface area contributed by atoms with E-state index in [-0.39, 0.29) is 30.0 Å². The van der Waals surface area contributed by atoms with Crippen LogP contribution in [0.5, 0.6) is 0 Å². The fourth-order valence-electron chi connectivity index (χ4n) is 5.96. The normalized spacial score (nSPS) is 26.3. The van der Waals surface area contributed by atoms with Gasteiger partial charge in [-0.05, 0) is 36.5 Å². The largest absolute Gasteiger partial charge is 0.395 e. The van der Waals surface area contributed by atoms with E-state index >= 15 is 0 Å². The Bertz CT molecular complexity index is 845. The highest BCUT2D eigenvalue weighted by Gasteiger charge is 2.66. The lowest BCUT2D eigenvalue weighted by atomic mass is 9.60. The Morgan fingerprint density at radius 3 is 2.41 bits per heavy atom. The van der Waals surface area contributed by atoms with Gasteiger partial charge in [0, 0.05) is 49.6 Å². The van der Waals surface area contributed by atoms with Crippen molar-refractivity contribution in [1.82, 2.24) is 14.8 Å².